The summed E-state index contributed by atoms with van der Waals surface area (Å²) in [5.74, 6) is 0. The van der Waals surface area contributed by atoms with E-state index in [0.29, 0.717) is 18.1 Å². The van der Waals surface area contributed by atoms with E-state index < -0.39 is 16.2 Å². The van der Waals surface area contributed by atoms with Crippen LogP contribution in [0, 0.1) is 0 Å². The highest BCUT2D eigenvalue weighted by Crippen LogP contribution is 2.35. The van der Waals surface area contributed by atoms with E-state index in [1.807, 2.05) is 58.2 Å². The van der Waals surface area contributed by atoms with E-state index in [2.05, 4.69) is 10.6 Å². The van der Waals surface area contributed by atoms with Gasteiger partial charge in [-0.2, -0.15) is 4.31 Å². The van der Waals surface area contributed by atoms with Gasteiger partial charge in [0.15, 0.2) is 0 Å². The van der Waals surface area contributed by atoms with Gasteiger partial charge in [0, 0.05) is 12.0 Å². The Balaban J connectivity index is 2.37. The molecule has 1 fully saturated rings. The average molecular weight is 326 g/mol. The van der Waals surface area contributed by atoms with Crippen LogP contribution >= 0.6 is 12.2 Å². The lowest BCUT2D eigenvalue weighted by molar-refractivity contribution is 0.419. The largest absolute Gasteiger partial charge is 0.591 e. The smallest absolute Gasteiger partial charge is 0.227 e. The molecule has 0 saturated carbocycles. The fraction of sp³-hybridized carbons (Fsp3) is 0.533. The second kappa shape index (κ2) is 6.22. The highest BCUT2D eigenvalue weighted by molar-refractivity contribution is 7.92. The highest BCUT2D eigenvalue weighted by atomic mass is 32.2. The topological polar surface area (TPSA) is 50.4 Å². The number of benzene rings is 1. The zero-order valence-electron chi connectivity index (χ0n) is 13.0. The Morgan fingerprint density at radius 3 is 2.48 bits per heavy atom. The average Bonchev–Trinajstić information content (AvgIpc) is 2.76. The van der Waals surface area contributed by atoms with Gasteiger partial charge in [-0.3, -0.25) is 10.6 Å². The standard InChI is InChI=1S/C15H23N3OS2/c1-5-15(16-4,12-9-7-6-8-10-12)21(19)18-11-17-14(2,3)13(18)20/h6-10,16-17H,5,11H2,1-4H3. The summed E-state index contributed by atoms with van der Waals surface area (Å²) in [6, 6.07) is 9.93. The first-order valence-electron chi connectivity index (χ1n) is 7.12. The zero-order chi connectivity index (χ0) is 15.7. The van der Waals surface area contributed by atoms with Crippen LogP contribution in [-0.2, 0) is 16.2 Å². The Labute approximate surface area is 135 Å². The SMILES string of the molecule is CCC(NC)(c1ccccc1)[S+]([O-])N1CNC(C)(C)C1=S. The van der Waals surface area contributed by atoms with Gasteiger partial charge in [-0.1, -0.05) is 49.5 Å². The predicted molar refractivity (Wildman–Crippen MR) is 92.1 cm³/mol. The minimum atomic E-state index is -1.30. The lowest BCUT2D eigenvalue weighted by Gasteiger charge is -2.38. The Morgan fingerprint density at radius 2 is 2.05 bits per heavy atom. The van der Waals surface area contributed by atoms with Crippen molar-refractivity contribution in [3.63, 3.8) is 0 Å². The number of hydrogen-bond acceptors (Lipinski definition) is 4. The minimum Gasteiger partial charge on any atom is -0.591 e. The van der Waals surface area contributed by atoms with E-state index >= 15 is 0 Å². The first-order valence-corrected chi connectivity index (χ1v) is 8.64. The fourth-order valence-corrected chi connectivity index (χ4v) is 4.63. The van der Waals surface area contributed by atoms with Crippen molar-refractivity contribution in [1.29, 1.82) is 0 Å². The molecule has 0 radical (unpaired) electrons. The Morgan fingerprint density at radius 1 is 1.43 bits per heavy atom. The van der Waals surface area contributed by atoms with Gasteiger partial charge in [0.05, 0.1) is 16.9 Å². The third-order valence-electron chi connectivity index (χ3n) is 4.07. The van der Waals surface area contributed by atoms with Crippen LogP contribution in [0.3, 0.4) is 0 Å². The second-order valence-corrected chi connectivity index (χ2v) is 7.71. The van der Waals surface area contributed by atoms with E-state index in [0.717, 1.165) is 5.56 Å². The van der Waals surface area contributed by atoms with E-state index in [1.165, 1.54) is 0 Å². The van der Waals surface area contributed by atoms with Crippen LogP contribution < -0.4 is 10.6 Å². The second-order valence-electron chi connectivity index (χ2n) is 5.69. The summed E-state index contributed by atoms with van der Waals surface area (Å²) in [5, 5.41) is 6.59. The van der Waals surface area contributed by atoms with Crippen molar-refractivity contribution in [3.05, 3.63) is 35.9 Å². The summed E-state index contributed by atoms with van der Waals surface area (Å²) in [4.78, 5) is 0.0674. The molecule has 0 spiro atoms. The molecule has 2 atom stereocenters. The number of hydrogen-bond donors (Lipinski definition) is 2. The van der Waals surface area contributed by atoms with Crippen molar-refractivity contribution >= 4 is 28.6 Å². The molecule has 1 aromatic carbocycles. The highest BCUT2D eigenvalue weighted by Gasteiger charge is 2.51. The molecule has 4 nitrogen and oxygen atoms in total. The number of nitrogens with one attached hydrogen (secondary N) is 2. The third kappa shape index (κ3) is 2.83. The molecule has 1 aliphatic rings. The van der Waals surface area contributed by atoms with Gasteiger partial charge in [-0.15, -0.1) is 0 Å². The molecule has 0 amide bonds. The van der Waals surface area contributed by atoms with Crippen molar-refractivity contribution in [2.45, 2.75) is 37.6 Å². The Bertz CT molecular complexity index is 503. The van der Waals surface area contributed by atoms with E-state index in [4.69, 9.17) is 12.2 Å². The molecule has 1 aromatic rings. The van der Waals surface area contributed by atoms with E-state index in [9.17, 15) is 4.55 Å². The molecule has 0 aliphatic carbocycles. The lowest BCUT2D eigenvalue weighted by atomic mass is 10.0. The minimum absolute atomic E-state index is 0.297. The molecule has 1 aliphatic heterocycles. The first kappa shape index (κ1) is 16.7. The van der Waals surface area contributed by atoms with Gasteiger partial charge in [-0.25, -0.2) is 0 Å². The van der Waals surface area contributed by atoms with Crippen molar-refractivity contribution in [3.8, 4) is 0 Å². The van der Waals surface area contributed by atoms with Crippen molar-refractivity contribution < 1.29 is 4.55 Å². The molecule has 0 aromatic heterocycles. The number of nitrogens with zero attached hydrogens (tertiary/aromatic N) is 1. The number of rotatable bonds is 5. The van der Waals surface area contributed by atoms with Crippen LogP contribution in [0.2, 0.25) is 0 Å². The van der Waals surface area contributed by atoms with Crippen LogP contribution in [-0.4, -0.2) is 33.1 Å². The zero-order valence-corrected chi connectivity index (χ0v) is 14.6. The maximum absolute atomic E-state index is 13.3. The van der Waals surface area contributed by atoms with Gasteiger partial charge in [0.2, 0.25) is 4.87 Å². The van der Waals surface area contributed by atoms with Crippen LogP contribution in [0.1, 0.15) is 32.8 Å². The summed E-state index contributed by atoms with van der Waals surface area (Å²) in [7, 11) is 1.85. The van der Waals surface area contributed by atoms with Crippen LogP contribution in [0.5, 0.6) is 0 Å². The Kier molecular flexibility index (Phi) is 4.95. The van der Waals surface area contributed by atoms with Gasteiger partial charge >= 0.3 is 0 Å². The fourth-order valence-electron chi connectivity index (χ4n) is 2.59. The molecular weight excluding hydrogens is 302 g/mol. The molecule has 1 heterocycles. The lowest BCUT2D eigenvalue weighted by Crippen LogP contribution is -2.54. The van der Waals surface area contributed by atoms with Gasteiger partial charge < -0.3 is 4.55 Å². The molecule has 2 unspecified atom stereocenters. The molecule has 2 N–H and O–H groups in total. The summed E-state index contributed by atoms with van der Waals surface area (Å²) < 4.78 is 15.1. The predicted octanol–water partition coefficient (Wildman–Crippen LogP) is 2.10. The van der Waals surface area contributed by atoms with Crippen molar-refractivity contribution in [2.24, 2.45) is 0 Å². The van der Waals surface area contributed by atoms with Gasteiger partial charge in [0.25, 0.3) is 0 Å². The monoisotopic (exact) mass is 325 g/mol. The summed E-state index contributed by atoms with van der Waals surface area (Å²) in [6.07, 6.45) is 0.708. The first-order chi connectivity index (χ1) is 9.89. The van der Waals surface area contributed by atoms with E-state index in [-0.39, 0.29) is 5.54 Å². The summed E-state index contributed by atoms with van der Waals surface area (Å²) >= 11 is 4.21. The third-order valence-corrected chi connectivity index (χ3v) is 6.95. The molecule has 1 saturated heterocycles. The van der Waals surface area contributed by atoms with Crippen LogP contribution in [0.15, 0.2) is 30.3 Å². The van der Waals surface area contributed by atoms with Gasteiger partial charge in [-0.05, 0) is 20.9 Å². The van der Waals surface area contributed by atoms with Gasteiger partial charge in [0.1, 0.15) is 11.7 Å². The van der Waals surface area contributed by atoms with Crippen LogP contribution in [0.4, 0.5) is 0 Å². The normalized spacial score (nSPS) is 22.1. The molecule has 116 valence electrons. The van der Waals surface area contributed by atoms with Crippen molar-refractivity contribution in [1.82, 2.24) is 14.9 Å². The summed E-state index contributed by atoms with van der Waals surface area (Å²) in [6.45, 7) is 6.58. The molecule has 0 bridgehead atoms. The quantitative estimate of drug-likeness (QED) is 0.641. The molecule has 21 heavy (non-hydrogen) atoms. The molecule has 2 rings (SSSR count). The van der Waals surface area contributed by atoms with Crippen LogP contribution in [0.25, 0.3) is 0 Å². The van der Waals surface area contributed by atoms with Crippen molar-refractivity contribution in [2.75, 3.05) is 13.7 Å². The van der Waals surface area contributed by atoms with E-state index in [1.54, 1.807) is 4.31 Å². The Hall–Kier alpha value is -0.660. The molecular formula is C15H23N3OS2. The number of thiocarbonyl (C=S) groups is 1. The maximum Gasteiger partial charge on any atom is 0.227 e. The maximum atomic E-state index is 13.3. The molecule has 6 heteroatoms. The summed E-state index contributed by atoms with van der Waals surface area (Å²) in [5.41, 5.74) is 0.718.